The molecule has 2 N–H and O–H groups in total. The van der Waals surface area contributed by atoms with Crippen LogP contribution in [-0.4, -0.2) is 30.0 Å². The van der Waals surface area contributed by atoms with Gasteiger partial charge in [-0.3, -0.25) is 4.98 Å². The van der Waals surface area contributed by atoms with Gasteiger partial charge in [-0.05, 0) is 32.0 Å². The number of aromatic nitrogens is 5. The van der Waals surface area contributed by atoms with Gasteiger partial charge in [-0.25, -0.2) is 9.97 Å². The van der Waals surface area contributed by atoms with Gasteiger partial charge in [0.15, 0.2) is 5.82 Å². The summed E-state index contributed by atoms with van der Waals surface area (Å²) in [6, 6.07) is 5.57. The third kappa shape index (κ3) is 1.89. The standard InChI is InChI=1S/C18H14N6O2/c1-9-14(10(2)26-23-9)18-22-15-11-5-7-19-8-13(11)21-17-12(4-3-6-20-17)16(15)24(18)25/h3-8,25H,1-2H3,(H,20,21). The maximum absolute atomic E-state index is 11.0. The molecule has 0 atom stereocenters. The van der Waals surface area contributed by atoms with E-state index < -0.39 is 0 Å². The van der Waals surface area contributed by atoms with Crippen molar-refractivity contribution in [2.75, 3.05) is 5.32 Å². The third-order valence-corrected chi connectivity index (χ3v) is 4.50. The van der Waals surface area contributed by atoms with Gasteiger partial charge >= 0.3 is 0 Å². The summed E-state index contributed by atoms with van der Waals surface area (Å²) >= 11 is 0. The van der Waals surface area contributed by atoms with Gasteiger partial charge in [0, 0.05) is 23.5 Å². The average Bonchev–Trinajstić information content (AvgIpc) is 3.10. The second-order valence-corrected chi connectivity index (χ2v) is 6.09. The molecule has 8 heteroatoms. The van der Waals surface area contributed by atoms with Gasteiger partial charge in [0.25, 0.3) is 0 Å². The molecule has 5 rings (SSSR count). The molecule has 5 heterocycles. The summed E-state index contributed by atoms with van der Waals surface area (Å²) < 4.78 is 6.33. The molecular weight excluding hydrogens is 332 g/mol. The third-order valence-electron chi connectivity index (χ3n) is 4.50. The second-order valence-electron chi connectivity index (χ2n) is 6.09. The van der Waals surface area contributed by atoms with Gasteiger partial charge in [-0.15, -0.1) is 0 Å². The van der Waals surface area contributed by atoms with E-state index in [1.807, 2.05) is 25.1 Å². The fourth-order valence-electron chi connectivity index (χ4n) is 3.33. The molecule has 26 heavy (non-hydrogen) atoms. The van der Waals surface area contributed by atoms with Crippen LogP contribution in [0.4, 0.5) is 11.5 Å². The van der Waals surface area contributed by atoms with Crippen LogP contribution in [0.25, 0.3) is 33.9 Å². The zero-order valence-corrected chi connectivity index (χ0v) is 14.1. The van der Waals surface area contributed by atoms with Gasteiger partial charge < -0.3 is 15.0 Å². The molecule has 4 aromatic heterocycles. The molecule has 0 aromatic carbocycles. The Labute approximate surface area is 148 Å². The minimum atomic E-state index is 0.380. The number of imidazole rings is 1. The summed E-state index contributed by atoms with van der Waals surface area (Å²) in [7, 11) is 0. The predicted octanol–water partition coefficient (Wildman–Crippen LogP) is 3.57. The first-order chi connectivity index (χ1) is 12.6. The van der Waals surface area contributed by atoms with Gasteiger partial charge in [0.2, 0.25) is 0 Å². The lowest BCUT2D eigenvalue weighted by Gasteiger charge is -2.09. The maximum Gasteiger partial charge on any atom is 0.182 e. The highest BCUT2D eigenvalue weighted by Gasteiger charge is 2.29. The summed E-state index contributed by atoms with van der Waals surface area (Å²) in [6.45, 7) is 3.62. The largest absolute Gasteiger partial charge is 0.426 e. The number of anilines is 2. The van der Waals surface area contributed by atoms with Crippen LogP contribution in [0.3, 0.4) is 0 Å². The van der Waals surface area contributed by atoms with E-state index in [0.29, 0.717) is 40.0 Å². The Morgan fingerprint density at radius 2 is 2.04 bits per heavy atom. The van der Waals surface area contributed by atoms with E-state index in [1.54, 1.807) is 25.5 Å². The van der Waals surface area contributed by atoms with Crippen molar-refractivity contribution in [2.24, 2.45) is 0 Å². The molecule has 0 fully saturated rings. The molecule has 0 saturated carbocycles. The molecule has 1 aliphatic rings. The first kappa shape index (κ1) is 14.6. The van der Waals surface area contributed by atoms with E-state index in [-0.39, 0.29) is 0 Å². The highest BCUT2D eigenvalue weighted by molar-refractivity contribution is 5.95. The van der Waals surface area contributed by atoms with Gasteiger partial charge in [0.1, 0.15) is 23.0 Å². The van der Waals surface area contributed by atoms with Crippen LogP contribution in [0.2, 0.25) is 0 Å². The lowest BCUT2D eigenvalue weighted by atomic mass is 10.1. The van der Waals surface area contributed by atoms with Crippen LogP contribution in [0.1, 0.15) is 11.5 Å². The quantitative estimate of drug-likeness (QED) is 0.447. The smallest absolute Gasteiger partial charge is 0.182 e. The lowest BCUT2D eigenvalue weighted by Crippen LogP contribution is -2.00. The summed E-state index contributed by atoms with van der Waals surface area (Å²) in [5, 5.41) is 18.3. The molecule has 1 aliphatic heterocycles. The fourth-order valence-corrected chi connectivity index (χ4v) is 3.33. The molecule has 0 bridgehead atoms. The Balaban J connectivity index is 1.89. The van der Waals surface area contributed by atoms with Crippen molar-refractivity contribution < 1.29 is 9.73 Å². The van der Waals surface area contributed by atoms with Gasteiger partial charge in [-0.2, -0.15) is 4.73 Å². The Kier molecular flexibility index (Phi) is 2.90. The number of aryl methyl sites for hydroxylation is 2. The molecule has 0 amide bonds. The van der Waals surface area contributed by atoms with E-state index in [1.165, 1.54) is 0 Å². The topological polar surface area (TPSA) is 102 Å². The highest BCUT2D eigenvalue weighted by atomic mass is 16.5. The number of fused-ring (bicyclic) bond motifs is 5. The summed E-state index contributed by atoms with van der Waals surface area (Å²) in [5.74, 6) is 1.60. The average molecular weight is 346 g/mol. The molecule has 0 radical (unpaired) electrons. The summed E-state index contributed by atoms with van der Waals surface area (Å²) in [4.78, 5) is 13.3. The van der Waals surface area contributed by atoms with Gasteiger partial charge in [-0.1, -0.05) is 5.16 Å². The number of nitrogens with one attached hydrogen (secondary N) is 1. The monoisotopic (exact) mass is 346 g/mol. The highest BCUT2D eigenvalue weighted by Crippen LogP contribution is 2.44. The van der Waals surface area contributed by atoms with Crippen molar-refractivity contribution in [3.05, 3.63) is 48.2 Å². The van der Waals surface area contributed by atoms with Gasteiger partial charge in [0.05, 0.1) is 23.1 Å². The van der Waals surface area contributed by atoms with E-state index in [9.17, 15) is 5.21 Å². The van der Waals surface area contributed by atoms with Crippen LogP contribution in [0, 0.1) is 13.8 Å². The van der Waals surface area contributed by atoms with Crippen molar-refractivity contribution in [3.63, 3.8) is 0 Å². The first-order valence-electron chi connectivity index (χ1n) is 8.07. The first-order valence-corrected chi connectivity index (χ1v) is 8.07. The molecule has 0 aliphatic carbocycles. The number of pyridine rings is 2. The van der Waals surface area contributed by atoms with E-state index in [2.05, 4.69) is 20.4 Å². The van der Waals surface area contributed by atoms with Crippen LogP contribution in [0.5, 0.6) is 0 Å². The molecule has 0 saturated heterocycles. The van der Waals surface area contributed by atoms with Crippen LogP contribution in [0.15, 0.2) is 41.3 Å². The SMILES string of the molecule is Cc1noc(C)c1-c1nc2c(n1O)-c1cccnc1Nc1cnccc1-2. The van der Waals surface area contributed by atoms with Crippen LogP contribution >= 0.6 is 0 Å². The van der Waals surface area contributed by atoms with E-state index >= 15 is 0 Å². The minimum Gasteiger partial charge on any atom is -0.426 e. The van der Waals surface area contributed by atoms with Crippen molar-refractivity contribution in [3.8, 4) is 33.9 Å². The Morgan fingerprint density at radius 3 is 2.85 bits per heavy atom. The van der Waals surface area contributed by atoms with E-state index in [0.717, 1.165) is 21.5 Å². The number of rotatable bonds is 1. The fraction of sp³-hybridized carbons (Fsp3) is 0.111. The van der Waals surface area contributed by atoms with Crippen LogP contribution < -0.4 is 5.32 Å². The van der Waals surface area contributed by atoms with Crippen molar-refractivity contribution in [1.82, 2.24) is 24.8 Å². The zero-order chi connectivity index (χ0) is 17.8. The molecule has 0 unspecified atom stereocenters. The summed E-state index contributed by atoms with van der Waals surface area (Å²) in [6.07, 6.45) is 5.11. The zero-order valence-electron chi connectivity index (χ0n) is 14.1. The van der Waals surface area contributed by atoms with Crippen molar-refractivity contribution in [2.45, 2.75) is 13.8 Å². The second kappa shape index (κ2) is 5.16. The lowest BCUT2D eigenvalue weighted by molar-refractivity contribution is 0.195. The number of nitrogens with zero attached hydrogens (tertiary/aromatic N) is 5. The predicted molar refractivity (Wildman–Crippen MR) is 94.1 cm³/mol. The molecule has 128 valence electrons. The number of hydrogen-bond donors (Lipinski definition) is 2. The molecule has 4 aromatic rings. The maximum atomic E-state index is 11.0. The summed E-state index contributed by atoms with van der Waals surface area (Å²) in [5.41, 5.74) is 4.88. The Bertz CT molecular complexity index is 1140. The normalized spacial score (nSPS) is 11.9. The van der Waals surface area contributed by atoms with Crippen molar-refractivity contribution >= 4 is 11.5 Å². The molecule has 0 spiro atoms. The minimum absolute atomic E-state index is 0.380. The van der Waals surface area contributed by atoms with E-state index in [4.69, 9.17) is 9.51 Å². The molecule has 8 nitrogen and oxygen atoms in total. The Hall–Kier alpha value is -3.68. The molecular formula is C18H14N6O2. The number of hydrogen-bond acceptors (Lipinski definition) is 7. The van der Waals surface area contributed by atoms with Crippen LogP contribution in [-0.2, 0) is 0 Å². The van der Waals surface area contributed by atoms with Crippen molar-refractivity contribution in [1.29, 1.82) is 0 Å². The Morgan fingerprint density at radius 1 is 1.15 bits per heavy atom.